The third-order valence-corrected chi connectivity index (χ3v) is 3.78. The van der Waals surface area contributed by atoms with E-state index in [0.717, 1.165) is 0 Å². The summed E-state index contributed by atoms with van der Waals surface area (Å²) in [6.07, 6.45) is 0. The molecular weight excluding hydrogens is 357 g/mol. The molecule has 2 N–H and O–H groups in total. The highest BCUT2D eigenvalue weighted by Gasteiger charge is 2.17. The molecule has 2 aromatic rings. The standard InChI is InChI=1S/C16H15Cl2NO5/c1-22-12-4-8(5-13(23-2)15(12)24-3)16(21)19-9-6-10(17)14(20)11(18)7-9/h4-7,20H,1-3H3,(H,19,21). The fraction of sp³-hybridized carbons (Fsp3) is 0.188. The van der Waals surface area contributed by atoms with Crippen LogP contribution >= 0.6 is 23.2 Å². The van der Waals surface area contributed by atoms with E-state index in [2.05, 4.69) is 5.32 Å². The fourth-order valence-electron chi connectivity index (χ4n) is 2.05. The molecule has 128 valence electrons. The third-order valence-electron chi connectivity index (χ3n) is 3.20. The molecule has 0 aliphatic carbocycles. The molecule has 0 aromatic heterocycles. The number of phenolic OH excluding ortho intramolecular Hbond substituents is 1. The number of hydrogen-bond donors (Lipinski definition) is 2. The van der Waals surface area contributed by atoms with E-state index in [0.29, 0.717) is 22.9 Å². The average Bonchev–Trinajstić information content (AvgIpc) is 2.57. The van der Waals surface area contributed by atoms with Gasteiger partial charge >= 0.3 is 0 Å². The van der Waals surface area contributed by atoms with Crippen molar-refractivity contribution in [1.82, 2.24) is 0 Å². The lowest BCUT2D eigenvalue weighted by atomic mass is 10.1. The number of carbonyl (C=O) groups is 1. The summed E-state index contributed by atoms with van der Waals surface area (Å²) in [6, 6.07) is 5.80. The van der Waals surface area contributed by atoms with Crippen LogP contribution in [0.15, 0.2) is 24.3 Å². The number of ether oxygens (including phenoxy) is 3. The number of nitrogens with one attached hydrogen (secondary N) is 1. The first kappa shape index (κ1) is 18.0. The molecule has 6 nitrogen and oxygen atoms in total. The van der Waals surface area contributed by atoms with E-state index in [-0.39, 0.29) is 21.4 Å². The molecule has 0 saturated carbocycles. The maximum absolute atomic E-state index is 12.4. The second kappa shape index (κ2) is 7.51. The minimum absolute atomic E-state index is 0.0303. The van der Waals surface area contributed by atoms with Crippen LogP contribution in [0, 0.1) is 0 Å². The van der Waals surface area contributed by atoms with Crippen molar-refractivity contribution in [2.75, 3.05) is 26.6 Å². The Morgan fingerprint density at radius 1 is 0.958 bits per heavy atom. The molecule has 2 aromatic carbocycles. The van der Waals surface area contributed by atoms with Crippen LogP contribution in [0.25, 0.3) is 0 Å². The number of halogens is 2. The number of aromatic hydroxyl groups is 1. The van der Waals surface area contributed by atoms with Crippen molar-refractivity contribution in [1.29, 1.82) is 0 Å². The van der Waals surface area contributed by atoms with Crippen LogP contribution in [0.3, 0.4) is 0 Å². The van der Waals surface area contributed by atoms with E-state index in [1.54, 1.807) is 0 Å². The van der Waals surface area contributed by atoms with Gasteiger partial charge in [0.05, 0.1) is 31.4 Å². The van der Waals surface area contributed by atoms with E-state index < -0.39 is 5.91 Å². The van der Waals surface area contributed by atoms with Gasteiger partial charge in [0.25, 0.3) is 5.91 Å². The summed E-state index contributed by atoms with van der Waals surface area (Å²) in [5.74, 6) is 0.399. The number of anilines is 1. The zero-order valence-corrected chi connectivity index (χ0v) is 14.7. The van der Waals surface area contributed by atoms with Gasteiger partial charge in [0.15, 0.2) is 17.2 Å². The lowest BCUT2D eigenvalue weighted by molar-refractivity contribution is 0.102. The van der Waals surface area contributed by atoms with Crippen molar-refractivity contribution in [2.24, 2.45) is 0 Å². The van der Waals surface area contributed by atoms with E-state index in [9.17, 15) is 9.90 Å². The highest BCUT2D eigenvalue weighted by atomic mass is 35.5. The van der Waals surface area contributed by atoms with E-state index in [1.165, 1.54) is 45.6 Å². The van der Waals surface area contributed by atoms with Crippen LogP contribution < -0.4 is 19.5 Å². The Kier molecular flexibility index (Phi) is 5.64. The van der Waals surface area contributed by atoms with Crippen LogP contribution in [0.1, 0.15) is 10.4 Å². The van der Waals surface area contributed by atoms with Gasteiger partial charge in [-0.15, -0.1) is 0 Å². The maximum Gasteiger partial charge on any atom is 0.255 e. The normalized spacial score (nSPS) is 10.2. The maximum atomic E-state index is 12.4. The molecule has 0 aliphatic rings. The molecule has 0 aliphatic heterocycles. The van der Waals surface area contributed by atoms with E-state index >= 15 is 0 Å². The Balaban J connectivity index is 2.36. The summed E-state index contributed by atoms with van der Waals surface area (Å²) in [5.41, 5.74) is 0.617. The molecule has 0 bridgehead atoms. The number of amides is 1. The van der Waals surface area contributed by atoms with Crippen molar-refractivity contribution in [2.45, 2.75) is 0 Å². The molecule has 0 heterocycles. The van der Waals surface area contributed by atoms with Gasteiger partial charge in [-0.25, -0.2) is 0 Å². The van der Waals surface area contributed by atoms with Crippen molar-refractivity contribution in [3.05, 3.63) is 39.9 Å². The minimum Gasteiger partial charge on any atom is -0.505 e. The van der Waals surface area contributed by atoms with E-state index in [4.69, 9.17) is 37.4 Å². The summed E-state index contributed by atoms with van der Waals surface area (Å²) in [6.45, 7) is 0. The molecular formula is C16H15Cl2NO5. The van der Waals surface area contributed by atoms with Crippen molar-refractivity contribution in [3.8, 4) is 23.0 Å². The lowest BCUT2D eigenvalue weighted by Gasteiger charge is -2.14. The number of carbonyl (C=O) groups excluding carboxylic acids is 1. The Bertz CT molecular complexity index is 731. The highest BCUT2D eigenvalue weighted by Crippen LogP contribution is 2.39. The van der Waals surface area contributed by atoms with Gasteiger partial charge in [0.2, 0.25) is 5.75 Å². The van der Waals surface area contributed by atoms with Crippen molar-refractivity contribution >= 4 is 34.8 Å². The second-order valence-electron chi connectivity index (χ2n) is 4.66. The smallest absolute Gasteiger partial charge is 0.255 e. The van der Waals surface area contributed by atoms with Gasteiger partial charge in [-0.1, -0.05) is 23.2 Å². The van der Waals surface area contributed by atoms with Gasteiger partial charge in [-0.05, 0) is 24.3 Å². The zero-order valence-electron chi connectivity index (χ0n) is 13.1. The molecule has 0 atom stereocenters. The van der Waals surface area contributed by atoms with Gasteiger partial charge in [0, 0.05) is 11.3 Å². The molecule has 24 heavy (non-hydrogen) atoms. The first-order chi connectivity index (χ1) is 11.4. The van der Waals surface area contributed by atoms with Crippen LogP contribution in [0.2, 0.25) is 10.0 Å². The van der Waals surface area contributed by atoms with Crippen LogP contribution in [0.5, 0.6) is 23.0 Å². The summed E-state index contributed by atoms with van der Waals surface area (Å²) in [7, 11) is 4.39. The van der Waals surface area contributed by atoms with Crippen LogP contribution in [-0.2, 0) is 0 Å². The van der Waals surface area contributed by atoms with Crippen LogP contribution in [-0.4, -0.2) is 32.3 Å². The number of benzene rings is 2. The summed E-state index contributed by atoms with van der Waals surface area (Å²) >= 11 is 11.7. The largest absolute Gasteiger partial charge is 0.505 e. The predicted octanol–water partition coefficient (Wildman–Crippen LogP) is 3.98. The number of rotatable bonds is 5. The summed E-state index contributed by atoms with van der Waals surface area (Å²) in [4.78, 5) is 12.4. The molecule has 0 saturated heterocycles. The predicted molar refractivity (Wildman–Crippen MR) is 92.2 cm³/mol. The topological polar surface area (TPSA) is 77.0 Å². The molecule has 8 heteroatoms. The first-order valence-corrected chi connectivity index (χ1v) is 7.46. The minimum atomic E-state index is -0.438. The quantitative estimate of drug-likeness (QED) is 0.777. The SMILES string of the molecule is COc1cc(C(=O)Nc2cc(Cl)c(O)c(Cl)c2)cc(OC)c1OC. The van der Waals surface area contributed by atoms with Gasteiger partial charge < -0.3 is 24.6 Å². The summed E-state index contributed by atoms with van der Waals surface area (Å²) in [5, 5.41) is 12.2. The third kappa shape index (κ3) is 3.60. The lowest BCUT2D eigenvalue weighted by Crippen LogP contribution is -2.12. The molecule has 2 rings (SSSR count). The molecule has 1 amide bonds. The van der Waals surface area contributed by atoms with Crippen molar-refractivity contribution < 1.29 is 24.1 Å². The monoisotopic (exact) mass is 371 g/mol. The molecule has 0 fully saturated rings. The Labute approximate surface area is 148 Å². The second-order valence-corrected chi connectivity index (χ2v) is 5.47. The van der Waals surface area contributed by atoms with Gasteiger partial charge in [-0.2, -0.15) is 0 Å². The Hall–Kier alpha value is -2.31. The van der Waals surface area contributed by atoms with Gasteiger partial charge in [-0.3, -0.25) is 4.79 Å². The van der Waals surface area contributed by atoms with Crippen LogP contribution in [0.4, 0.5) is 5.69 Å². The van der Waals surface area contributed by atoms with E-state index in [1.807, 2.05) is 0 Å². The Morgan fingerprint density at radius 2 is 1.46 bits per heavy atom. The van der Waals surface area contributed by atoms with Crippen molar-refractivity contribution in [3.63, 3.8) is 0 Å². The number of phenols is 1. The molecule has 0 radical (unpaired) electrons. The molecule has 0 spiro atoms. The number of hydrogen-bond acceptors (Lipinski definition) is 5. The zero-order chi connectivity index (χ0) is 17.9. The fourth-order valence-corrected chi connectivity index (χ4v) is 2.54. The summed E-state index contributed by atoms with van der Waals surface area (Å²) < 4.78 is 15.6. The first-order valence-electron chi connectivity index (χ1n) is 6.70. The highest BCUT2D eigenvalue weighted by molar-refractivity contribution is 6.37. The van der Waals surface area contributed by atoms with Gasteiger partial charge in [0.1, 0.15) is 0 Å². The number of methoxy groups -OCH3 is 3. The Morgan fingerprint density at radius 3 is 1.88 bits per heavy atom. The average molecular weight is 372 g/mol. The molecule has 0 unspecified atom stereocenters.